The number of aryl methyl sites for hydroxylation is 1. The normalized spacial score (nSPS) is 12.2. The van der Waals surface area contributed by atoms with Crippen molar-refractivity contribution in [3.8, 4) is 45.1 Å². The molecule has 14 rings (SSSR count). The Morgan fingerprint density at radius 2 is 0.667 bits per heavy atom. The van der Waals surface area contributed by atoms with Crippen molar-refractivity contribution in [1.29, 1.82) is 0 Å². The van der Waals surface area contributed by atoms with Gasteiger partial charge < -0.3 is 23.9 Å². The molecule has 0 aliphatic rings. The number of hydrogen-bond acceptors (Lipinski definition) is 8. The minimum atomic E-state index is -0.375. The molecule has 0 fully saturated rings. The van der Waals surface area contributed by atoms with Crippen LogP contribution in [-0.4, -0.2) is 66.0 Å². The monoisotopic (exact) mass is 1760 g/mol. The number of hydrogen-bond donors (Lipinski definition) is 2. The molecule has 3 radical (unpaired) electrons. The zero-order chi connectivity index (χ0) is 63.5. The van der Waals surface area contributed by atoms with E-state index in [9.17, 15) is 0 Å². The first-order valence-corrected chi connectivity index (χ1v) is 30.9. The second kappa shape index (κ2) is 30.1. The number of para-hydroxylation sites is 5. The van der Waals surface area contributed by atoms with E-state index in [2.05, 4.69) is 307 Å². The van der Waals surface area contributed by atoms with Gasteiger partial charge in [-0.05, 0) is 119 Å². The van der Waals surface area contributed by atoms with Crippen LogP contribution >= 0.6 is 0 Å². The SMILES string of the molecule is CC(C)(C)c1cc(-c2[c-]cc3c(c2)c2ccccc2n3-c2ccccc2)ncn1.CC(C)(C)c1cc(-c2[c-]cc3c(c2)c2ccccc2n3-c2ccccc2)ncn1.CC(O)CC(C)O.CCn1c2c[c-]c(-c3cc(C(C)(C)C)ncn3)cc2c2ccccc21.[Ir].[Ir].[Ir]. The van der Waals surface area contributed by atoms with Crippen LogP contribution in [0.1, 0.15) is 107 Å². The van der Waals surface area contributed by atoms with Crippen LogP contribution in [0.2, 0.25) is 0 Å². The van der Waals surface area contributed by atoms with E-state index in [0.717, 1.165) is 79.8 Å². The van der Waals surface area contributed by atoms with Crippen LogP contribution in [0.4, 0.5) is 0 Å². The molecule has 0 amide bonds. The van der Waals surface area contributed by atoms with Crippen LogP contribution < -0.4 is 0 Å². The summed E-state index contributed by atoms with van der Waals surface area (Å²) < 4.78 is 6.93. The van der Waals surface area contributed by atoms with Gasteiger partial charge in [0.2, 0.25) is 0 Å². The number of aromatic nitrogens is 9. The number of aliphatic hydroxyl groups is 2. The maximum absolute atomic E-state index is 8.56. The van der Waals surface area contributed by atoms with Crippen LogP contribution in [0.3, 0.4) is 0 Å². The average molecular weight is 1760 g/mol. The second-order valence-corrected chi connectivity index (χ2v) is 26.1. The molecule has 0 aliphatic carbocycles. The molecule has 0 aliphatic heterocycles. The summed E-state index contributed by atoms with van der Waals surface area (Å²) in [5.41, 5.74) is 18.2. The summed E-state index contributed by atoms with van der Waals surface area (Å²) >= 11 is 0. The molecule has 8 aromatic carbocycles. The summed E-state index contributed by atoms with van der Waals surface area (Å²) in [6, 6.07) is 76.0. The van der Waals surface area contributed by atoms with Crippen LogP contribution in [0.15, 0.2) is 207 Å². The summed E-state index contributed by atoms with van der Waals surface area (Å²) in [6.45, 7) is 25.9. The second-order valence-electron chi connectivity index (χ2n) is 26.1. The molecular formula is C79H78Ir3N9O2-3. The third-order valence-electron chi connectivity index (χ3n) is 16.1. The van der Waals surface area contributed by atoms with E-state index in [0.29, 0.717) is 6.42 Å². The molecule has 2 atom stereocenters. The molecule has 14 aromatic rings. The molecule has 481 valence electrons. The Morgan fingerprint density at radius 1 is 0.366 bits per heavy atom. The topological polar surface area (TPSA) is 133 Å². The van der Waals surface area contributed by atoms with Crippen molar-refractivity contribution >= 4 is 65.4 Å². The number of fused-ring (bicyclic) bond motifs is 9. The molecule has 6 heterocycles. The van der Waals surface area contributed by atoms with E-state index in [-0.39, 0.29) is 88.8 Å². The molecule has 6 aromatic heterocycles. The maximum Gasteiger partial charge on any atom is 0.105 e. The van der Waals surface area contributed by atoms with Gasteiger partial charge in [0.25, 0.3) is 0 Å². The largest absolute Gasteiger partial charge is 0.393 e. The minimum absolute atomic E-state index is 0. The van der Waals surface area contributed by atoms with E-state index in [1.807, 2.05) is 12.1 Å². The van der Waals surface area contributed by atoms with Crippen molar-refractivity contribution in [3.05, 3.63) is 242 Å². The van der Waals surface area contributed by atoms with Crippen molar-refractivity contribution in [2.45, 2.75) is 125 Å². The van der Waals surface area contributed by atoms with E-state index < -0.39 is 0 Å². The fourth-order valence-corrected chi connectivity index (χ4v) is 11.5. The predicted molar refractivity (Wildman–Crippen MR) is 370 cm³/mol. The molecule has 0 saturated heterocycles. The van der Waals surface area contributed by atoms with Gasteiger partial charge in [-0.2, -0.15) is 0 Å². The number of rotatable bonds is 8. The Kier molecular flexibility index (Phi) is 23.0. The zero-order valence-corrected chi connectivity index (χ0v) is 61.8. The Balaban J connectivity index is 0.000000168. The van der Waals surface area contributed by atoms with E-state index in [1.54, 1.807) is 32.8 Å². The summed E-state index contributed by atoms with van der Waals surface area (Å²) in [4.78, 5) is 26.9. The Labute approximate surface area is 586 Å². The van der Waals surface area contributed by atoms with Crippen molar-refractivity contribution in [3.63, 3.8) is 0 Å². The Hall–Kier alpha value is -7.73. The van der Waals surface area contributed by atoms with Gasteiger partial charge in [0.15, 0.2) is 0 Å². The van der Waals surface area contributed by atoms with Crippen LogP contribution in [0.5, 0.6) is 0 Å². The first kappa shape index (κ1) is 71.1. The Morgan fingerprint density at radius 3 is 0.989 bits per heavy atom. The van der Waals surface area contributed by atoms with Crippen LogP contribution in [-0.2, 0) is 83.1 Å². The van der Waals surface area contributed by atoms with E-state index in [4.69, 9.17) is 10.2 Å². The maximum atomic E-state index is 8.56. The first-order valence-electron chi connectivity index (χ1n) is 30.9. The smallest absolute Gasteiger partial charge is 0.105 e. The van der Waals surface area contributed by atoms with E-state index >= 15 is 0 Å². The van der Waals surface area contributed by atoms with Gasteiger partial charge in [0.05, 0.1) is 12.2 Å². The minimum Gasteiger partial charge on any atom is -0.393 e. The van der Waals surface area contributed by atoms with Gasteiger partial charge in [-0.1, -0.05) is 188 Å². The summed E-state index contributed by atoms with van der Waals surface area (Å²) in [6.07, 6.45) is 4.69. The Bertz CT molecular complexity index is 4610. The molecule has 0 spiro atoms. The number of aliphatic hydroxyl groups excluding tert-OH is 2. The molecule has 0 bridgehead atoms. The van der Waals surface area contributed by atoms with Gasteiger partial charge in [0.1, 0.15) is 19.0 Å². The van der Waals surface area contributed by atoms with Crippen molar-refractivity contribution in [2.24, 2.45) is 0 Å². The molecule has 93 heavy (non-hydrogen) atoms. The molecule has 11 nitrogen and oxygen atoms in total. The average Bonchev–Trinajstić information content (AvgIpc) is 1.62. The molecule has 2 unspecified atom stereocenters. The van der Waals surface area contributed by atoms with Crippen molar-refractivity contribution in [1.82, 2.24) is 43.6 Å². The standard InChI is InChI=1S/2C26H22N3.C22H22N3.C5H12O2.3Ir/c2*1-26(2,3)25-16-22(27-17-28-25)18-13-14-24-21(15-18)20-11-7-8-12-23(20)29(24)19-9-5-4-6-10-19;1-5-25-19-9-7-6-8-16(19)17-12-15(10-11-20(17)25)18-13-21(22(2,3)4)24-14-23-18;1-4(6)3-5(2)7;;;/h2*4-12,14-17H,1-3H3;6-9,11-14H,5H2,1-4H3;4-7H,3H2,1-2H3;;;/q3*-1;;;;. The van der Waals surface area contributed by atoms with Gasteiger partial charge in [0, 0.05) is 128 Å². The quantitative estimate of drug-likeness (QED) is 0.144. The van der Waals surface area contributed by atoms with Crippen molar-refractivity contribution in [2.75, 3.05) is 0 Å². The third-order valence-corrected chi connectivity index (χ3v) is 16.1. The molecule has 14 heteroatoms. The van der Waals surface area contributed by atoms with Gasteiger partial charge in [-0.25, -0.2) is 15.0 Å². The summed E-state index contributed by atoms with van der Waals surface area (Å²) in [7, 11) is 0. The first-order chi connectivity index (χ1) is 43.2. The molecule has 2 N–H and O–H groups in total. The van der Waals surface area contributed by atoms with Gasteiger partial charge in [-0.15, -0.1) is 71.3 Å². The fraction of sp³-hybridized carbons (Fsp3) is 0.241. The van der Waals surface area contributed by atoms with Crippen LogP contribution in [0, 0.1) is 18.2 Å². The van der Waals surface area contributed by atoms with E-state index in [1.165, 1.54) is 54.4 Å². The van der Waals surface area contributed by atoms with Crippen molar-refractivity contribution < 1.29 is 70.5 Å². The number of benzene rings is 8. The third kappa shape index (κ3) is 15.8. The fourth-order valence-electron chi connectivity index (χ4n) is 11.5. The molecular weight excluding hydrogens is 1680 g/mol. The summed E-state index contributed by atoms with van der Waals surface area (Å²) in [5.74, 6) is 0. The summed E-state index contributed by atoms with van der Waals surface area (Å²) in [5, 5.41) is 24.5. The van der Waals surface area contributed by atoms with Crippen LogP contribution in [0.25, 0.3) is 111 Å². The zero-order valence-electron chi connectivity index (χ0n) is 54.6. The number of nitrogens with zero attached hydrogens (tertiary/aromatic N) is 9. The van der Waals surface area contributed by atoms with Gasteiger partial charge >= 0.3 is 0 Å². The van der Waals surface area contributed by atoms with Gasteiger partial charge in [-0.3, -0.25) is 15.0 Å². The predicted octanol–water partition coefficient (Wildman–Crippen LogP) is 18.2. The molecule has 0 saturated carbocycles.